The number of carbonyl (C=O) groups is 2. The average molecular weight is 528 g/mol. The number of nitrogens with zero attached hydrogens (tertiary/aromatic N) is 1. The number of aliphatic hydroxyl groups excluding tert-OH is 1. The zero-order valence-electron chi connectivity index (χ0n) is 22.2. The Morgan fingerprint density at radius 1 is 1.00 bits per heavy atom. The highest BCUT2D eigenvalue weighted by atomic mass is 16.6. The maximum atomic E-state index is 13.5. The molecule has 3 N–H and O–H groups in total. The van der Waals surface area contributed by atoms with Gasteiger partial charge in [0.25, 0.3) is 11.8 Å². The molecule has 0 saturated carbocycles. The number of carbonyl (C=O) groups excluding carboxylic acids is 2. The van der Waals surface area contributed by atoms with Crippen LogP contribution in [-0.4, -0.2) is 65.8 Å². The van der Waals surface area contributed by atoms with E-state index in [0.29, 0.717) is 55.4 Å². The molecule has 0 unspecified atom stereocenters. The van der Waals surface area contributed by atoms with Gasteiger partial charge in [-0.15, -0.1) is 0 Å². The largest absolute Gasteiger partial charge is 0.486 e. The quantitative estimate of drug-likeness (QED) is 0.299. The van der Waals surface area contributed by atoms with Gasteiger partial charge in [-0.25, -0.2) is 0 Å². The van der Waals surface area contributed by atoms with Crippen molar-refractivity contribution in [2.45, 2.75) is 26.3 Å². The third kappa shape index (κ3) is 5.47. The van der Waals surface area contributed by atoms with Gasteiger partial charge in [-0.1, -0.05) is 30.3 Å². The molecule has 3 aromatic carbocycles. The summed E-state index contributed by atoms with van der Waals surface area (Å²) in [5, 5.41) is 14.1. The summed E-state index contributed by atoms with van der Waals surface area (Å²) in [5.41, 5.74) is 4.58. The molecule has 1 aliphatic rings. The summed E-state index contributed by atoms with van der Waals surface area (Å²) < 4.78 is 11.7. The second-order valence-corrected chi connectivity index (χ2v) is 9.52. The Morgan fingerprint density at radius 3 is 2.49 bits per heavy atom. The van der Waals surface area contributed by atoms with Crippen molar-refractivity contribution in [3.8, 4) is 22.6 Å². The Labute approximate surface area is 227 Å². The number of ether oxygens (including phenoxy) is 2. The van der Waals surface area contributed by atoms with Crippen molar-refractivity contribution in [3.05, 3.63) is 83.6 Å². The summed E-state index contributed by atoms with van der Waals surface area (Å²) in [5.74, 6) is 0.508. The van der Waals surface area contributed by atoms with Crippen molar-refractivity contribution < 1.29 is 24.2 Å². The molecule has 8 heteroatoms. The molecule has 0 aliphatic carbocycles. The summed E-state index contributed by atoms with van der Waals surface area (Å²) >= 11 is 0. The van der Waals surface area contributed by atoms with Crippen LogP contribution in [0.5, 0.6) is 11.5 Å². The molecule has 0 radical (unpaired) electrons. The van der Waals surface area contributed by atoms with E-state index in [2.05, 4.69) is 10.3 Å². The monoisotopic (exact) mass is 527 g/mol. The number of benzene rings is 3. The molecule has 2 amide bonds. The van der Waals surface area contributed by atoms with Crippen molar-refractivity contribution in [3.63, 3.8) is 0 Å². The van der Waals surface area contributed by atoms with Crippen molar-refractivity contribution in [2.75, 3.05) is 32.9 Å². The molecule has 2 heterocycles. The summed E-state index contributed by atoms with van der Waals surface area (Å²) in [6.45, 7) is 5.72. The van der Waals surface area contributed by atoms with Crippen LogP contribution in [-0.2, 0) is 6.42 Å². The molecular formula is C31H33N3O5. The summed E-state index contributed by atoms with van der Waals surface area (Å²) in [6, 6.07) is 18.4. The minimum Gasteiger partial charge on any atom is -0.486 e. The molecule has 0 bridgehead atoms. The van der Waals surface area contributed by atoms with Crippen LogP contribution >= 0.6 is 0 Å². The summed E-state index contributed by atoms with van der Waals surface area (Å²) in [6.07, 6.45) is 2.38. The minimum atomic E-state index is -0.495. The van der Waals surface area contributed by atoms with Gasteiger partial charge in [0.2, 0.25) is 0 Å². The van der Waals surface area contributed by atoms with Gasteiger partial charge in [0.05, 0.1) is 18.2 Å². The lowest BCUT2D eigenvalue weighted by Crippen LogP contribution is -2.39. The Balaban J connectivity index is 1.41. The first kappa shape index (κ1) is 26.3. The van der Waals surface area contributed by atoms with Crippen LogP contribution in [0, 0.1) is 0 Å². The first-order valence-corrected chi connectivity index (χ1v) is 13.3. The van der Waals surface area contributed by atoms with Crippen LogP contribution in [0.3, 0.4) is 0 Å². The van der Waals surface area contributed by atoms with Gasteiger partial charge in [0.15, 0.2) is 11.5 Å². The Hall–Kier alpha value is -4.30. The number of amides is 2. The molecule has 1 aliphatic heterocycles. The van der Waals surface area contributed by atoms with E-state index in [1.54, 1.807) is 23.1 Å². The zero-order valence-corrected chi connectivity index (χ0v) is 22.2. The van der Waals surface area contributed by atoms with E-state index in [-0.39, 0.29) is 18.4 Å². The fourth-order valence-electron chi connectivity index (χ4n) is 4.98. The van der Waals surface area contributed by atoms with Crippen LogP contribution in [0.2, 0.25) is 0 Å². The molecule has 1 aromatic heterocycles. The van der Waals surface area contributed by atoms with Crippen molar-refractivity contribution in [1.82, 2.24) is 15.2 Å². The van der Waals surface area contributed by atoms with Crippen LogP contribution in [0.1, 0.15) is 40.1 Å². The standard InChI is InChI=1S/C31H33N3O5/c1-3-34(4-2)31(37)21-11-9-20(10-12-21)22-16-26(29-28(17-22)38-13-14-39-29)30(36)33-24(19-35)15-23-18-32-27-8-6-5-7-25(23)27/h5-12,16-18,24,32,35H,3-4,13-15,19H2,1-2H3,(H,33,36)/t24-/m1/s1. The van der Waals surface area contributed by atoms with E-state index in [1.807, 2.05) is 62.5 Å². The molecule has 202 valence electrons. The Morgan fingerprint density at radius 2 is 1.74 bits per heavy atom. The maximum Gasteiger partial charge on any atom is 0.255 e. The highest BCUT2D eigenvalue weighted by Crippen LogP contribution is 2.38. The molecule has 39 heavy (non-hydrogen) atoms. The lowest BCUT2D eigenvalue weighted by Gasteiger charge is -2.23. The van der Waals surface area contributed by atoms with Gasteiger partial charge < -0.3 is 29.8 Å². The Bertz CT molecular complexity index is 1470. The zero-order chi connectivity index (χ0) is 27.4. The fraction of sp³-hybridized carbons (Fsp3) is 0.290. The maximum absolute atomic E-state index is 13.5. The van der Waals surface area contributed by atoms with Crippen molar-refractivity contribution >= 4 is 22.7 Å². The van der Waals surface area contributed by atoms with Crippen molar-refractivity contribution in [2.24, 2.45) is 0 Å². The molecule has 0 spiro atoms. The van der Waals surface area contributed by atoms with E-state index < -0.39 is 6.04 Å². The van der Waals surface area contributed by atoms with Crippen LogP contribution in [0.25, 0.3) is 22.0 Å². The van der Waals surface area contributed by atoms with E-state index >= 15 is 0 Å². The van der Waals surface area contributed by atoms with E-state index in [1.165, 1.54) is 0 Å². The van der Waals surface area contributed by atoms with E-state index in [4.69, 9.17) is 9.47 Å². The Kier molecular flexibility index (Phi) is 7.84. The van der Waals surface area contributed by atoms with Gasteiger partial charge in [0.1, 0.15) is 13.2 Å². The van der Waals surface area contributed by atoms with Crippen LogP contribution in [0.4, 0.5) is 0 Å². The van der Waals surface area contributed by atoms with Gasteiger partial charge in [-0.3, -0.25) is 9.59 Å². The number of hydrogen-bond donors (Lipinski definition) is 3. The molecule has 1 atom stereocenters. The summed E-state index contributed by atoms with van der Waals surface area (Å²) in [4.78, 5) is 31.3. The average Bonchev–Trinajstić information content (AvgIpc) is 3.39. The van der Waals surface area contributed by atoms with E-state index in [0.717, 1.165) is 27.6 Å². The number of H-pyrrole nitrogens is 1. The number of aromatic amines is 1. The molecule has 5 rings (SSSR count). The summed E-state index contributed by atoms with van der Waals surface area (Å²) in [7, 11) is 0. The first-order chi connectivity index (χ1) is 19.0. The topological polar surface area (TPSA) is 104 Å². The normalized spacial score (nSPS) is 13.2. The first-order valence-electron chi connectivity index (χ1n) is 13.3. The number of rotatable bonds is 9. The highest BCUT2D eigenvalue weighted by Gasteiger charge is 2.25. The predicted molar refractivity (Wildman–Crippen MR) is 150 cm³/mol. The van der Waals surface area contributed by atoms with Gasteiger partial charge in [0, 0.05) is 35.8 Å². The second-order valence-electron chi connectivity index (χ2n) is 9.52. The molecular weight excluding hydrogens is 494 g/mol. The lowest BCUT2D eigenvalue weighted by atomic mass is 9.99. The number of aromatic nitrogens is 1. The molecule has 0 fully saturated rings. The molecule has 0 saturated heterocycles. The van der Waals surface area contributed by atoms with Crippen LogP contribution < -0.4 is 14.8 Å². The van der Waals surface area contributed by atoms with E-state index in [9.17, 15) is 14.7 Å². The minimum absolute atomic E-state index is 0.0148. The number of hydrogen-bond acceptors (Lipinski definition) is 5. The van der Waals surface area contributed by atoms with Gasteiger partial charge >= 0.3 is 0 Å². The SMILES string of the molecule is CCN(CC)C(=O)c1ccc(-c2cc3c(c(C(=O)N[C@@H](CO)Cc4c[nH]c5ccccc45)c2)OCCO3)cc1. The number of para-hydroxylation sites is 1. The van der Waals surface area contributed by atoms with Crippen molar-refractivity contribution in [1.29, 1.82) is 0 Å². The molecule has 4 aromatic rings. The third-order valence-electron chi connectivity index (χ3n) is 7.10. The number of fused-ring (bicyclic) bond motifs is 2. The number of nitrogens with one attached hydrogen (secondary N) is 2. The highest BCUT2D eigenvalue weighted by molar-refractivity contribution is 6.00. The van der Waals surface area contributed by atoms with Crippen LogP contribution in [0.15, 0.2) is 66.9 Å². The second kappa shape index (κ2) is 11.6. The van der Waals surface area contributed by atoms with Gasteiger partial charge in [-0.05, 0) is 67.3 Å². The lowest BCUT2D eigenvalue weighted by molar-refractivity contribution is 0.0772. The number of aliphatic hydroxyl groups is 1. The third-order valence-corrected chi connectivity index (χ3v) is 7.10. The smallest absolute Gasteiger partial charge is 0.255 e. The van der Waals surface area contributed by atoms with Gasteiger partial charge in [-0.2, -0.15) is 0 Å². The predicted octanol–water partition coefficient (Wildman–Crippen LogP) is 4.42. The fourth-order valence-corrected chi connectivity index (χ4v) is 4.98. The molecule has 8 nitrogen and oxygen atoms in total.